The van der Waals surface area contributed by atoms with Crippen molar-refractivity contribution in [3.63, 3.8) is 0 Å². The van der Waals surface area contributed by atoms with Crippen molar-refractivity contribution in [3.05, 3.63) is 23.3 Å². The van der Waals surface area contributed by atoms with Gasteiger partial charge in [0.05, 0.1) is 7.11 Å². The van der Waals surface area contributed by atoms with Gasteiger partial charge in [-0.15, -0.1) is 0 Å². The van der Waals surface area contributed by atoms with Crippen LogP contribution in [0.4, 0.5) is 13.2 Å². The monoisotopic (exact) mass is 301 g/mol. The summed E-state index contributed by atoms with van der Waals surface area (Å²) in [6.07, 6.45) is -3.04. The second-order valence-electron chi connectivity index (χ2n) is 5.84. The number of methoxy groups -OCH3 is 1. The Kier molecular flexibility index (Phi) is 3.31. The molecule has 1 atom stereocenters. The van der Waals surface area contributed by atoms with Crippen molar-refractivity contribution in [2.75, 3.05) is 7.11 Å². The Morgan fingerprint density at radius 2 is 2.10 bits per heavy atom. The van der Waals surface area contributed by atoms with Crippen molar-refractivity contribution >= 4 is 0 Å². The van der Waals surface area contributed by atoms with Gasteiger partial charge in [-0.1, -0.05) is 0 Å². The van der Waals surface area contributed by atoms with E-state index in [-0.39, 0.29) is 25.5 Å². The summed E-state index contributed by atoms with van der Waals surface area (Å²) in [6, 6.07) is 3.65. The summed E-state index contributed by atoms with van der Waals surface area (Å²) in [5, 5.41) is 2.64. The number of hydrogen-bond acceptors (Lipinski definition) is 3. The Labute approximate surface area is 121 Å². The first-order chi connectivity index (χ1) is 9.84. The number of benzene rings is 1. The molecule has 0 saturated heterocycles. The van der Waals surface area contributed by atoms with Crippen LogP contribution >= 0.6 is 0 Å². The van der Waals surface area contributed by atoms with Crippen molar-refractivity contribution < 1.29 is 22.6 Å². The van der Waals surface area contributed by atoms with Crippen LogP contribution in [0.15, 0.2) is 12.1 Å². The first-order valence-electron chi connectivity index (χ1n) is 7.03. The maximum atomic E-state index is 12.9. The molecule has 1 unspecified atom stereocenters. The van der Waals surface area contributed by atoms with Crippen LogP contribution in [-0.2, 0) is 13.0 Å². The molecule has 1 fully saturated rings. The molecular weight excluding hydrogens is 283 g/mol. The number of nitrogens with one attached hydrogen (secondary N) is 1. The summed E-state index contributed by atoms with van der Waals surface area (Å²) in [7, 11) is 1.53. The molecule has 6 heteroatoms. The Morgan fingerprint density at radius 3 is 2.67 bits per heavy atom. The predicted molar refractivity (Wildman–Crippen MR) is 71.6 cm³/mol. The summed E-state index contributed by atoms with van der Waals surface area (Å²) in [6.45, 7) is 2.08. The molecule has 1 aliphatic heterocycles. The first-order valence-corrected chi connectivity index (χ1v) is 7.03. The highest BCUT2D eigenvalue weighted by Crippen LogP contribution is 2.49. The van der Waals surface area contributed by atoms with E-state index in [1.807, 2.05) is 13.0 Å². The fourth-order valence-corrected chi connectivity index (χ4v) is 2.76. The molecule has 1 heterocycles. The Bertz CT molecular complexity index is 553. The SMILES string of the molecule is COc1cc2c(cc1CNC1(C(F)(F)F)CC1)OC(C)C2. The van der Waals surface area contributed by atoms with Crippen molar-refractivity contribution in [2.45, 2.75) is 50.6 Å². The van der Waals surface area contributed by atoms with Crippen LogP contribution in [0.5, 0.6) is 11.5 Å². The van der Waals surface area contributed by atoms with Crippen molar-refractivity contribution in [1.29, 1.82) is 0 Å². The Morgan fingerprint density at radius 1 is 1.38 bits per heavy atom. The van der Waals surface area contributed by atoms with E-state index in [1.54, 1.807) is 6.07 Å². The zero-order valence-electron chi connectivity index (χ0n) is 12.0. The van der Waals surface area contributed by atoms with Gasteiger partial charge in [-0.3, -0.25) is 5.32 Å². The zero-order chi connectivity index (χ0) is 15.3. The van der Waals surface area contributed by atoms with Gasteiger partial charge in [-0.2, -0.15) is 13.2 Å². The number of halogens is 3. The Balaban J connectivity index is 1.78. The highest BCUT2D eigenvalue weighted by Gasteiger charge is 2.63. The summed E-state index contributed by atoms with van der Waals surface area (Å²) >= 11 is 0. The van der Waals surface area contributed by atoms with Gasteiger partial charge in [0.2, 0.25) is 0 Å². The van der Waals surface area contributed by atoms with E-state index in [0.29, 0.717) is 11.3 Å². The molecular formula is C15H18F3NO2. The lowest BCUT2D eigenvalue weighted by Crippen LogP contribution is -2.44. The second kappa shape index (κ2) is 4.80. The minimum absolute atomic E-state index is 0.0952. The molecule has 21 heavy (non-hydrogen) atoms. The summed E-state index contributed by atoms with van der Waals surface area (Å²) in [5.74, 6) is 1.36. The molecule has 2 aliphatic rings. The predicted octanol–water partition coefficient (Wildman–Crippen LogP) is 3.20. The largest absolute Gasteiger partial charge is 0.496 e. The van der Waals surface area contributed by atoms with E-state index >= 15 is 0 Å². The normalized spacial score (nSPS) is 22.6. The van der Waals surface area contributed by atoms with E-state index in [9.17, 15) is 13.2 Å². The fourth-order valence-electron chi connectivity index (χ4n) is 2.76. The summed E-state index contributed by atoms with van der Waals surface area (Å²) < 4.78 is 49.8. The standard InChI is InChI=1S/C15H18F3NO2/c1-9-5-10-6-12(20-2)11(7-13(10)21-9)8-19-14(3-4-14)15(16,17)18/h6-7,9,19H,3-5,8H2,1-2H3. The lowest BCUT2D eigenvalue weighted by molar-refractivity contribution is -0.166. The molecule has 1 N–H and O–H groups in total. The minimum atomic E-state index is -4.21. The minimum Gasteiger partial charge on any atom is -0.496 e. The Hall–Kier alpha value is -1.43. The lowest BCUT2D eigenvalue weighted by Gasteiger charge is -2.21. The third-order valence-electron chi connectivity index (χ3n) is 4.21. The molecule has 116 valence electrons. The number of ether oxygens (including phenoxy) is 2. The highest BCUT2D eigenvalue weighted by molar-refractivity contribution is 5.48. The number of fused-ring (bicyclic) bond motifs is 1. The topological polar surface area (TPSA) is 30.5 Å². The average Bonchev–Trinajstić information content (AvgIpc) is 3.11. The van der Waals surface area contributed by atoms with Crippen molar-refractivity contribution in [3.8, 4) is 11.5 Å². The van der Waals surface area contributed by atoms with E-state index in [2.05, 4.69) is 5.32 Å². The average molecular weight is 301 g/mol. The molecule has 1 aromatic rings. The van der Waals surface area contributed by atoms with Crippen LogP contribution in [0.3, 0.4) is 0 Å². The second-order valence-corrected chi connectivity index (χ2v) is 5.84. The van der Waals surface area contributed by atoms with Gasteiger partial charge in [0.1, 0.15) is 23.1 Å². The van der Waals surface area contributed by atoms with E-state index in [1.165, 1.54) is 7.11 Å². The number of hydrogen-bond donors (Lipinski definition) is 1. The van der Waals surface area contributed by atoms with Gasteiger partial charge in [-0.05, 0) is 31.9 Å². The third-order valence-corrected chi connectivity index (χ3v) is 4.21. The van der Waals surface area contributed by atoms with Gasteiger partial charge in [-0.25, -0.2) is 0 Å². The van der Waals surface area contributed by atoms with E-state index in [0.717, 1.165) is 17.7 Å². The summed E-state index contributed by atoms with van der Waals surface area (Å²) in [5.41, 5.74) is 0.0199. The summed E-state index contributed by atoms with van der Waals surface area (Å²) in [4.78, 5) is 0. The maximum Gasteiger partial charge on any atom is 0.406 e. The lowest BCUT2D eigenvalue weighted by atomic mass is 10.1. The zero-order valence-corrected chi connectivity index (χ0v) is 12.0. The molecule has 1 aromatic carbocycles. The fraction of sp³-hybridized carbons (Fsp3) is 0.600. The van der Waals surface area contributed by atoms with Crippen LogP contribution in [0.2, 0.25) is 0 Å². The van der Waals surface area contributed by atoms with Gasteiger partial charge in [0, 0.05) is 24.1 Å². The molecule has 0 spiro atoms. The van der Waals surface area contributed by atoms with Crippen LogP contribution in [0, 0.1) is 0 Å². The highest BCUT2D eigenvalue weighted by atomic mass is 19.4. The molecule has 3 rings (SSSR count). The molecule has 0 radical (unpaired) electrons. The van der Waals surface area contributed by atoms with Gasteiger partial charge >= 0.3 is 6.18 Å². The van der Waals surface area contributed by atoms with E-state index < -0.39 is 11.7 Å². The van der Waals surface area contributed by atoms with Gasteiger partial charge in [0.25, 0.3) is 0 Å². The van der Waals surface area contributed by atoms with Crippen LogP contribution in [0.1, 0.15) is 30.9 Å². The quantitative estimate of drug-likeness (QED) is 0.926. The number of alkyl halides is 3. The van der Waals surface area contributed by atoms with Crippen molar-refractivity contribution in [2.24, 2.45) is 0 Å². The van der Waals surface area contributed by atoms with Gasteiger partial charge < -0.3 is 9.47 Å². The molecule has 3 nitrogen and oxygen atoms in total. The maximum absolute atomic E-state index is 12.9. The van der Waals surface area contributed by atoms with Crippen LogP contribution in [0.25, 0.3) is 0 Å². The molecule has 1 saturated carbocycles. The number of rotatable bonds is 4. The van der Waals surface area contributed by atoms with Crippen molar-refractivity contribution in [1.82, 2.24) is 5.32 Å². The van der Waals surface area contributed by atoms with E-state index in [4.69, 9.17) is 9.47 Å². The molecule has 0 aromatic heterocycles. The molecule has 0 bridgehead atoms. The first kappa shape index (κ1) is 14.5. The van der Waals surface area contributed by atoms with Crippen LogP contribution in [-0.4, -0.2) is 24.9 Å². The molecule has 0 amide bonds. The smallest absolute Gasteiger partial charge is 0.406 e. The van der Waals surface area contributed by atoms with Gasteiger partial charge in [0.15, 0.2) is 0 Å². The molecule has 1 aliphatic carbocycles. The van der Waals surface area contributed by atoms with Crippen LogP contribution < -0.4 is 14.8 Å². The third kappa shape index (κ3) is 2.57.